The molecule has 0 atom stereocenters. The highest BCUT2D eigenvalue weighted by atomic mass is 16.6. The van der Waals surface area contributed by atoms with Gasteiger partial charge in [-0.25, -0.2) is 4.79 Å². The van der Waals surface area contributed by atoms with E-state index < -0.39 is 21.9 Å². The highest BCUT2D eigenvalue weighted by molar-refractivity contribution is 5.71. The lowest BCUT2D eigenvalue weighted by Gasteiger charge is -2.13. The molecular formula is C17H23N5O5. The summed E-state index contributed by atoms with van der Waals surface area (Å²) in [5, 5.41) is 15.6. The Morgan fingerprint density at radius 1 is 1.26 bits per heavy atom. The van der Waals surface area contributed by atoms with Gasteiger partial charge in [0.25, 0.3) is 0 Å². The van der Waals surface area contributed by atoms with Crippen molar-refractivity contribution in [3.63, 3.8) is 0 Å². The number of rotatable bonds is 9. The Labute approximate surface area is 155 Å². The maximum atomic E-state index is 12.8. The van der Waals surface area contributed by atoms with Crippen LogP contribution in [0.3, 0.4) is 0 Å². The highest BCUT2D eigenvalue weighted by Crippen LogP contribution is 2.16. The van der Waals surface area contributed by atoms with Crippen LogP contribution in [0.5, 0.6) is 0 Å². The first-order valence-electron chi connectivity index (χ1n) is 8.58. The number of aromatic nitrogens is 4. The van der Waals surface area contributed by atoms with Gasteiger partial charge in [0.2, 0.25) is 0 Å². The first-order chi connectivity index (χ1) is 12.9. The summed E-state index contributed by atoms with van der Waals surface area (Å²) in [6, 6.07) is 0. The minimum atomic E-state index is -0.891. The van der Waals surface area contributed by atoms with Crippen LogP contribution in [0.4, 0.5) is 5.69 Å². The Bertz CT molecular complexity index is 954. The molecule has 27 heavy (non-hydrogen) atoms. The van der Waals surface area contributed by atoms with Gasteiger partial charge in [0.1, 0.15) is 5.69 Å². The van der Waals surface area contributed by atoms with Crippen LogP contribution in [0, 0.1) is 10.1 Å². The van der Waals surface area contributed by atoms with Crippen molar-refractivity contribution in [1.82, 2.24) is 18.9 Å². The van der Waals surface area contributed by atoms with E-state index in [2.05, 4.69) is 5.10 Å². The topological polar surface area (TPSA) is 114 Å². The van der Waals surface area contributed by atoms with Gasteiger partial charge in [0.05, 0.1) is 24.3 Å². The first-order valence-corrected chi connectivity index (χ1v) is 8.58. The number of aryl methyl sites for hydroxylation is 1. The van der Waals surface area contributed by atoms with Gasteiger partial charge in [0, 0.05) is 32.5 Å². The van der Waals surface area contributed by atoms with E-state index in [0.717, 1.165) is 11.0 Å². The van der Waals surface area contributed by atoms with Gasteiger partial charge in [-0.2, -0.15) is 5.10 Å². The molecule has 2 rings (SSSR count). The van der Waals surface area contributed by atoms with E-state index in [9.17, 15) is 19.7 Å². The number of hydrogen-bond acceptors (Lipinski definition) is 6. The van der Waals surface area contributed by atoms with Crippen LogP contribution in [-0.2, 0) is 24.9 Å². The first kappa shape index (κ1) is 20.3. The predicted octanol–water partition coefficient (Wildman–Crippen LogP) is 1.27. The van der Waals surface area contributed by atoms with Crippen molar-refractivity contribution in [3.05, 3.63) is 54.6 Å². The summed E-state index contributed by atoms with van der Waals surface area (Å²) in [6.45, 7) is 2.31. The molecule has 0 saturated heterocycles. The second kappa shape index (κ2) is 9.08. The Morgan fingerprint density at radius 3 is 2.56 bits per heavy atom. The molecule has 0 bridgehead atoms. The monoisotopic (exact) mass is 377 g/mol. The normalized spacial score (nSPS) is 11.4. The van der Waals surface area contributed by atoms with Crippen LogP contribution < -0.4 is 11.2 Å². The molecule has 0 aromatic carbocycles. The summed E-state index contributed by atoms with van der Waals surface area (Å²) in [5.41, 5.74) is -1.46. The average molecular weight is 377 g/mol. The van der Waals surface area contributed by atoms with Crippen molar-refractivity contribution < 1.29 is 9.66 Å². The van der Waals surface area contributed by atoms with Crippen LogP contribution in [0.2, 0.25) is 0 Å². The van der Waals surface area contributed by atoms with E-state index in [0.29, 0.717) is 12.0 Å². The second-order valence-corrected chi connectivity index (χ2v) is 6.01. The largest absolute Gasteiger partial charge is 0.383 e. The number of nitrogens with zero attached hydrogens (tertiary/aromatic N) is 5. The summed E-state index contributed by atoms with van der Waals surface area (Å²) in [6.07, 6.45) is 7.58. The molecule has 0 N–H and O–H groups in total. The third-order valence-electron chi connectivity index (χ3n) is 4.04. The van der Waals surface area contributed by atoms with Crippen molar-refractivity contribution in [3.8, 4) is 0 Å². The lowest BCUT2D eigenvalue weighted by molar-refractivity contribution is -0.387. The highest BCUT2D eigenvalue weighted by Gasteiger charge is 2.26. The molecule has 0 amide bonds. The molecule has 0 aliphatic heterocycles. The van der Waals surface area contributed by atoms with Crippen molar-refractivity contribution in [1.29, 1.82) is 0 Å². The molecule has 146 valence electrons. The Balaban J connectivity index is 2.70. The number of ether oxygens (including phenoxy) is 1. The molecule has 2 heterocycles. The van der Waals surface area contributed by atoms with Gasteiger partial charge in [-0.3, -0.25) is 28.7 Å². The van der Waals surface area contributed by atoms with Crippen molar-refractivity contribution in [2.45, 2.75) is 32.9 Å². The van der Waals surface area contributed by atoms with Crippen molar-refractivity contribution in [2.75, 3.05) is 13.7 Å². The number of hydrogen-bond donors (Lipinski definition) is 0. The van der Waals surface area contributed by atoms with E-state index in [-0.39, 0.29) is 25.4 Å². The third-order valence-corrected chi connectivity index (χ3v) is 4.04. The minimum Gasteiger partial charge on any atom is -0.383 e. The zero-order valence-electron chi connectivity index (χ0n) is 15.6. The molecule has 2 aromatic rings. The lowest BCUT2D eigenvalue weighted by Crippen LogP contribution is -2.42. The fraction of sp³-hybridized carbons (Fsp3) is 0.471. The van der Waals surface area contributed by atoms with Crippen molar-refractivity contribution >= 4 is 17.8 Å². The Hall–Kier alpha value is -3.01. The van der Waals surface area contributed by atoms with Gasteiger partial charge in [0.15, 0.2) is 0 Å². The second-order valence-electron chi connectivity index (χ2n) is 6.01. The zero-order chi connectivity index (χ0) is 20.0. The van der Waals surface area contributed by atoms with Gasteiger partial charge in [-0.05, 0) is 18.6 Å². The summed E-state index contributed by atoms with van der Waals surface area (Å²) in [4.78, 5) is 36.3. The van der Waals surface area contributed by atoms with Crippen LogP contribution in [0.15, 0.2) is 22.0 Å². The molecule has 0 aliphatic rings. The molecule has 0 saturated carbocycles. The van der Waals surface area contributed by atoms with E-state index >= 15 is 0 Å². The third kappa shape index (κ3) is 4.59. The van der Waals surface area contributed by atoms with E-state index in [4.69, 9.17) is 4.74 Å². The quantitative estimate of drug-likeness (QED) is 0.480. The maximum Gasteiger partial charge on any atom is 0.357 e. The molecule has 10 heteroatoms. The van der Waals surface area contributed by atoms with Gasteiger partial charge < -0.3 is 4.74 Å². The van der Waals surface area contributed by atoms with Crippen LogP contribution in [0.25, 0.3) is 12.2 Å². The molecule has 0 radical (unpaired) electrons. The Morgan fingerprint density at radius 2 is 2.00 bits per heavy atom. The summed E-state index contributed by atoms with van der Waals surface area (Å²) < 4.78 is 8.74. The fourth-order valence-electron chi connectivity index (χ4n) is 2.65. The van der Waals surface area contributed by atoms with Crippen molar-refractivity contribution in [2.24, 2.45) is 7.05 Å². The molecule has 0 fully saturated rings. The SMILES string of the molecule is CCCCn1c(=O)c([N+](=O)[O-])c(C=Cc2cnn(C)c2)n(CCOC)c1=O. The standard InChI is InChI=1S/C17H23N5O5/c1-4-5-8-21-16(23)15(22(25)26)14(20(17(21)24)9-10-27-3)7-6-13-11-18-19(2)12-13/h6-7,11-12H,4-5,8-10H2,1-3H3. The minimum absolute atomic E-state index is 0.0522. The predicted molar refractivity (Wildman–Crippen MR) is 101 cm³/mol. The maximum absolute atomic E-state index is 12.8. The summed E-state index contributed by atoms with van der Waals surface area (Å²) in [7, 11) is 3.21. The number of methoxy groups -OCH3 is 1. The van der Waals surface area contributed by atoms with E-state index in [1.165, 1.54) is 17.8 Å². The van der Waals surface area contributed by atoms with E-state index in [1.807, 2.05) is 6.92 Å². The average Bonchev–Trinajstić information content (AvgIpc) is 3.04. The molecule has 10 nitrogen and oxygen atoms in total. The lowest BCUT2D eigenvalue weighted by atomic mass is 10.2. The molecular weight excluding hydrogens is 354 g/mol. The number of unbranched alkanes of at least 4 members (excludes halogenated alkanes) is 1. The smallest absolute Gasteiger partial charge is 0.357 e. The van der Waals surface area contributed by atoms with Gasteiger partial charge >= 0.3 is 16.9 Å². The molecule has 2 aromatic heterocycles. The van der Waals surface area contributed by atoms with E-state index in [1.54, 1.807) is 30.2 Å². The van der Waals surface area contributed by atoms with Gasteiger partial charge in [-0.15, -0.1) is 0 Å². The Kier molecular flexibility index (Phi) is 6.83. The van der Waals surface area contributed by atoms with Crippen LogP contribution in [-0.4, -0.2) is 37.6 Å². The molecule has 0 aliphatic carbocycles. The van der Waals surface area contributed by atoms with Gasteiger partial charge in [-0.1, -0.05) is 13.3 Å². The molecule has 0 unspecified atom stereocenters. The van der Waals surface area contributed by atoms with Crippen LogP contribution in [0.1, 0.15) is 31.0 Å². The summed E-state index contributed by atoms with van der Waals surface area (Å²) in [5.74, 6) is 0. The molecule has 0 spiro atoms. The fourth-order valence-corrected chi connectivity index (χ4v) is 2.65. The zero-order valence-corrected chi connectivity index (χ0v) is 15.6. The van der Waals surface area contributed by atoms with Crippen LogP contribution >= 0.6 is 0 Å². The summed E-state index contributed by atoms with van der Waals surface area (Å²) >= 11 is 0. The number of nitro groups is 1.